The predicted molar refractivity (Wildman–Crippen MR) is 106 cm³/mol. The van der Waals surface area contributed by atoms with Crippen LogP contribution in [-0.4, -0.2) is 18.7 Å². The molecule has 0 atom stereocenters. The van der Waals surface area contributed by atoms with E-state index >= 15 is 0 Å². The molecule has 1 heterocycles. The predicted octanol–water partition coefficient (Wildman–Crippen LogP) is 3.48. The Bertz CT molecular complexity index is 1140. The van der Waals surface area contributed by atoms with Gasteiger partial charge in [-0.2, -0.15) is 0 Å². The molecule has 0 saturated carbocycles. The number of halogens is 1. The van der Waals surface area contributed by atoms with Crippen LogP contribution >= 0.6 is 11.6 Å². The molecule has 5 nitrogen and oxygen atoms in total. The standard InChI is InChI=1S/C19H19ClN2O3S/c1-13-10-15-12-17(6-7-18(15)22(2)19(13)23)21-26(24,25)9-8-14-4-3-5-16(20)11-14/h3-7,10-12,21H,8-9H2,1-2H3. The molecule has 0 aliphatic carbocycles. The number of hydrogen-bond donors (Lipinski definition) is 1. The molecule has 0 aliphatic heterocycles. The fraction of sp³-hybridized carbons (Fsp3) is 0.211. The normalized spacial score (nSPS) is 11.7. The molecule has 1 N–H and O–H groups in total. The van der Waals surface area contributed by atoms with Crippen LogP contribution in [0.15, 0.2) is 53.3 Å². The van der Waals surface area contributed by atoms with E-state index < -0.39 is 10.0 Å². The van der Waals surface area contributed by atoms with Crippen LogP contribution in [0, 0.1) is 6.92 Å². The largest absolute Gasteiger partial charge is 0.311 e. The molecule has 3 rings (SSSR count). The maximum absolute atomic E-state index is 12.4. The number of aromatic nitrogens is 1. The van der Waals surface area contributed by atoms with E-state index in [4.69, 9.17) is 11.6 Å². The molecule has 0 bridgehead atoms. The molecule has 2 aromatic carbocycles. The Morgan fingerprint density at radius 3 is 2.62 bits per heavy atom. The average molecular weight is 391 g/mol. The van der Waals surface area contributed by atoms with Crippen molar-refractivity contribution in [1.29, 1.82) is 0 Å². The molecule has 0 fully saturated rings. The molecule has 136 valence electrons. The zero-order valence-electron chi connectivity index (χ0n) is 14.5. The lowest BCUT2D eigenvalue weighted by Crippen LogP contribution is -2.20. The van der Waals surface area contributed by atoms with E-state index in [1.807, 2.05) is 6.07 Å². The summed E-state index contributed by atoms with van der Waals surface area (Å²) >= 11 is 5.93. The Morgan fingerprint density at radius 2 is 1.88 bits per heavy atom. The summed E-state index contributed by atoms with van der Waals surface area (Å²) in [4.78, 5) is 12.0. The Morgan fingerprint density at radius 1 is 1.12 bits per heavy atom. The lowest BCUT2D eigenvalue weighted by Gasteiger charge is -2.11. The van der Waals surface area contributed by atoms with E-state index in [-0.39, 0.29) is 11.3 Å². The number of nitrogens with zero attached hydrogens (tertiary/aromatic N) is 1. The first-order valence-corrected chi connectivity index (χ1v) is 10.1. The zero-order valence-corrected chi connectivity index (χ0v) is 16.1. The summed E-state index contributed by atoms with van der Waals surface area (Å²) in [6.07, 6.45) is 0.372. The number of pyridine rings is 1. The monoisotopic (exact) mass is 390 g/mol. The van der Waals surface area contributed by atoms with Gasteiger partial charge in [0.2, 0.25) is 10.0 Å². The Hall–Kier alpha value is -2.31. The van der Waals surface area contributed by atoms with Crippen molar-refractivity contribution >= 4 is 38.2 Å². The van der Waals surface area contributed by atoms with Crippen molar-refractivity contribution in [1.82, 2.24) is 4.57 Å². The second-order valence-corrected chi connectivity index (χ2v) is 8.54. The van der Waals surface area contributed by atoms with Gasteiger partial charge in [-0.3, -0.25) is 9.52 Å². The number of benzene rings is 2. The van der Waals surface area contributed by atoms with Crippen LogP contribution in [0.5, 0.6) is 0 Å². The first-order valence-electron chi connectivity index (χ1n) is 8.10. The number of nitrogens with one attached hydrogen (secondary N) is 1. The number of aryl methyl sites for hydroxylation is 3. The number of sulfonamides is 1. The number of anilines is 1. The van der Waals surface area contributed by atoms with Gasteiger partial charge in [0.1, 0.15) is 0 Å². The Kier molecular flexibility index (Phi) is 5.07. The molecule has 0 unspecified atom stereocenters. The van der Waals surface area contributed by atoms with Crippen molar-refractivity contribution in [2.75, 3.05) is 10.5 Å². The van der Waals surface area contributed by atoms with Gasteiger partial charge in [-0.25, -0.2) is 8.42 Å². The van der Waals surface area contributed by atoms with Gasteiger partial charge in [0.15, 0.2) is 0 Å². The van der Waals surface area contributed by atoms with Gasteiger partial charge in [-0.1, -0.05) is 23.7 Å². The van der Waals surface area contributed by atoms with Gasteiger partial charge >= 0.3 is 0 Å². The van der Waals surface area contributed by atoms with E-state index in [2.05, 4.69) is 4.72 Å². The first-order chi connectivity index (χ1) is 12.2. The van der Waals surface area contributed by atoms with Crippen molar-refractivity contribution in [3.63, 3.8) is 0 Å². The number of hydrogen-bond acceptors (Lipinski definition) is 3. The Balaban J connectivity index is 1.81. The molecular weight excluding hydrogens is 372 g/mol. The van der Waals surface area contributed by atoms with E-state index in [0.29, 0.717) is 22.7 Å². The minimum Gasteiger partial charge on any atom is -0.311 e. The first kappa shape index (κ1) is 18.5. The fourth-order valence-corrected chi connectivity index (χ4v) is 4.19. The third-order valence-electron chi connectivity index (χ3n) is 4.22. The second kappa shape index (κ2) is 7.13. The third-order valence-corrected chi connectivity index (χ3v) is 5.75. The van der Waals surface area contributed by atoms with Crippen molar-refractivity contribution in [2.45, 2.75) is 13.3 Å². The summed E-state index contributed by atoms with van der Waals surface area (Å²) in [7, 11) is -1.80. The maximum Gasteiger partial charge on any atom is 0.253 e. The van der Waals surface area contributed by atoms with E-state index in [0.717, 1.165) is 16.5 Å². The van der Waals surface area contributed by atoms with Gasteiger partial charge < -0.3 is 4.57 Å². The fourth-order valence-electron chi connectivity index (χ4n) is 2.88. The SMILES string of the molecule is Cc1cc2cc(NS(=O)(=O)CCc3cccc(Cl)c3)ccc2n(C)c1=O. The number of fused-ring (bicyclic) bond motifs is 1. The topological polar surface area (TPSA) is 68.2 Å². The zero-order chi connectivity index (χ0) is 18.9. The summed E-state index contributed by atoms with van der Waals surface area (Å²) in [5, 5.41) is 1.39. The van der Waals surface area contributed by atoms with Crippen molar-refractivity contribution in [2.24, 2.45) is 7.05 Å². The van der Waals surface area contributed by atoms with Gasteiger partial charge in [-0.15, -0.1) is 0 Å². The van der Waals surface area contributed by atoms with Gasteiger partial charge in [0.05, 0.1) is 11.3 Å². The van der Waals surface area contributed by atoms with E-state index in [1.165, 1.54) is 0 Å². The van der Waals surface area contributed by atoms with Crippen LogP contribution < -0.4 is 10.3 Å². The lowest BCUT2D eigenvalue weighted by molar-refractivity contribution is 0.600. The summed E-state index contributed by atoms with van der Waals surface area (Å²) in [5.74, 6) is -0.0440. The van der Waals surface area contributed by atoms with Gasteiger partial charge in [0, 0.05) is 28.7 Å². The smallest absolute Gasteiger partial charge is 0.253 e. The van der Waals surface area contributed by atoms with Crippen LogP contribution in [-0.2, 0) is 23.5 Å². The highest BCUT2D eigenvalue weighted by Crippen LogP contribution is 2.20. The molecule has 3 aromatic rings. The van der Waals surface area contributed by atoms with E-state index in [1.54, 1.807) is 61.0 Å². The molecule has 1 aromatic heterocycles. The summed E-state index contributed by atoms with van der Waals surface area (Å²) in [6.45, 7) is 1.74. The lowest BCUT2D eigenvalue weighted by atomic mass is 10.1. The average Bonchev–Trinajstić information content (AvgIpc) is 2.58. The van der Waals surface area contributed by atoms with E-state index in [9.17, 15) is 13.2 Å². The second-order valence-electron chi connectivity index (χ2n) is 6.27. The molecule has 0 radical (unpaired) electrons. The quantitative estimate of drug-likeness (QED) is 0.725. The van der Waals surface area contributed by atoms with Crippen molar-refractivity contribution in [3.8, 4) is 0 Å². The van der Waals surface area contributed by atoms with Crippen LogP contribution in [0.1, 0.15) is 11.1 Å². The molecule has 0 saturated heterocycles. The molecule has 7 heteroatoms. The molecule has 0 spiro atoms. The molecule has 0 amide bonds. The van der Waals surface area contributed by atoms with Crippen LogP contribution in [0.2, 0.25) is 5.02 Å². The maximum atomic E-state index is 12.4. The van der Waals surface area contributed by atoms with Gasteiger partial charge in [-0.05, 0) is 55.3 Å². The minimum absolute atomic E-state index is 0.0440. The minimum atomic E-state index is -3.50. The van der Waals surface area contributed by atoms with Gasteiger partial charge in [0.25, 0.3) is 5.56 Å². The molecule has 26 heavy (non-hydrogen) atoms. The van der Waals surface area contributed by atoms with Crippen molar-refractivity contribution < 1.29 is 8.42 Å². The molecule has 0 aliphatic rings. The Labute approximate surface area is 157 Å². The van der Waals surface area contributed by atoms with Crippen molar-refractivity contribution in [3.05, 3.63) is 75.0 Å². The summed E-state index contributed by atoms with van der Waals surface area (Å²) in [6, 6.07) is 14.1. The summed E-state index contributed by atoms with van der Waals surface area (Å²) < 4.78 is 28.9. The highest BCUT2D eigenvalue weighted by Gasteiger charge is 2.12. The third kappa shape index (κ3) is 4.08. The summed E-state index contributed by atoms with van der Waals surface area (Å²) in [5.41, 5.74) is 2.64. The molecular formula is C19H19ClN2O3S. The van der Waals surface area contributed by atoms with Crippen LogP contribution in [0.4, 0.5) is 5.69 Å². The van der Waals surface area contributed by atoms with Crippen LogP contribution in [0.3, 0.4) is 0 Å². The number of rotatable bonds is 5. The highest BCUT2D eigenvalue weighted by molar-refractivity contribution is 7.92. The van der Waals surface area contributed by atoms with Crippen LogP contribution in [0.25, 0.3) is 10.9 Å². The highest BCUT2D eigenvalue weighted by atomic mass is 35.5.